The van der Waals surface area contributed by atoms with Crippen molar-refractivity contribution in [3.8, 4) is 5.75 Å². The molecule has 6 nitrogen and oxygen atoms in total. The maximum absolute atomic E-state index is 12.6. The largest absolute Gasteiger partial charge is 0.497 e. The molecule has 2 aliphatic heterocycles. The van der Waals surface area contributed by atoms with Gasteiger partial charge in [-0.15, -0.1) is 0 Å². The Balaban J connectivity index is 1.31. The lowest BCUT2D eigenvalue weighted by Gasteiger charge is -2.40. The Morgan fingerprint density at radius 3 is 2.24 bits per heavy atom. The fraction of sp³-hybridized carbons (Fsp3) is 0.731. The van der Waals surface area contributed by atoms with E-state index >= 15 is 0 Å². The van der Waals surface area contributed by atoms with Gasteiger partial charge in [0.05, 0.1) is 13.7 Å². The molecule has 0 aliphatic carbocycles. The van der Waals surface area contributed by atoms with Gasteiger partial charge in [0.2, 0.25) is 5.91 Å². The Morgan fingerprint density at radius 1 is 1.09 bits per heavy atom. The standard InChI is InChI=1S/C26H42FN3O3S/c1-20-17-24(32-4)18-21(2)26(20)34-28(3)15-16-33-19-25(31)30-12-7-23(8-13-30)22-5-10-29(11-6-22)14-9-27/h17-18,22-23H,5-16,19H2,1-4H3. The van der Waals surface area contributed by atoms with Crippen LogP contribution in [0, 0.1) is 25.7 Å². The number of alkyl halides is 1. The van der Waals surface area contributed by atoms with E-state index in [-0.39, 0.29) is 19.2 Å². The number of ether oxygens (including phenoxy) is 2. The number of halogens is 1. The number of likely N-dealkylation sites (tertiary alicyclic amines) is 2. The fourth-order valence-electron chi connectivity index (χ4n) is 5.21. The predicted molar refractivity (Wildman–Crippen MR) is 136 cm³/mol. The Kier molecular flexibility index (Phi) is 10.9. The fourth-order valence-corrected chi connectivity index (χ4v) is 6.09. The molecule has 0 atom stereocenters. The van der Waals surface area contributed by atoms with Crippen LogP contribution in [0.5, 0.6) is 5.75 Å². The zero-order valence-electron chi connectivity index (χ0n) is 21.4. The van der Waals surface area contributed by atoms with Gasteiger partial charge in [-0.05, 0) is 107 Å². The van der Waals surface area contributed by atoms with Crippen LogP contribution in [0.3, 0.4) is 0 Å². The highest BCUT2D eigenvalue weighted by molar-refractivity contribution is 7.97. The molecule has 2 heterocycles. The smallest absolute Gasteiger partial charge is 0.248 e. The van der Waals surface area contributed by atoms with Crippen LogP contribution in [0.2, 0.25) is 0 Å². The van der Waals surface area contributed by atoms with Crippen molar-refractivity contribution >= 4 is 17.9 Å². The molecule has 34 heavy (non-hydrogen) atoms. The number of rotatable bonds is 11. The van der Waals surface area contributed by atoms with Gasteiger partial charge in [-0.2, -0.15) is 0 Å². The Hall–Kier alpha value is -1.35. The summed E-state index contributed by atoms with van der Waals surface area (Å²) in [4.78, 5) is 18.0. The Bertz CT molecular complexity index is 758. The maximum atomic E-state index is 12.6. The van der Waals surface area contributed by atoms with Crippen molar-refractivity contribution in [3.63, 3.8) is 0 Å². The molecule has 8 heteroatoms. The minimum atomic E-state index is -0.246. The van der Waals surface area contributed by atoms with Crippen LogP contribution in [-0.2, 0) is 9.53 Å². The molecule has 0 N–H and O–H groups in total. The summed E-state index contributed by atoms with van der Waals surface area (Å²) >= 11 is 1.70. The van der Waals surface area contributed by atoms with Gasteiger partial charge < -0.3 is 19.3 Å². The molecule has 192 valence electrons. The van der Waals surface area contributed by atoms with Crippen LogP contribution in [0.1, 0.15) is 36.8 Å². The SMILES string of the molecule is COc1cc(C)c(SN(C)CCOCC(=O)N2CCC(C3CCN(CCF)CC3)CC2)c(C)c1. The molecule has 3 rings (SSSR count). The predicted octanol–water partition coefficient (Wildman–Crippen LogP) is 4.19. The number of nitrogens with zero attached hydrogens (tertiary/aromatic N) is 3. The van der Waals surface area contributed by atoms with E-state index in [9.17, 15) is 9.18 Å². The summed E-state index contributed by atoms with van der Waals surface area (Å²) < 4.78 is 25.8. The van der Waals surface area contributed by atoms with Crippen molar-refractivity contribution in [1.29, 1.82) is 0 Å². The number of hydrogen-bond donors (Lipinski definition) is 0. The second-order valence-corrected chi connectivity index (χ2v) is 10.9. The molecule has 1 amide bonds. The summed E-state index contributed by atoms with van der Waals surface area (Å²) in [6, 6.07) is 4.11. The number of carbonyl (C=O) groups excluding carboxylic acids is 1. The van der Waals surface area contributed by atoms with Crippen molar-refractivity contribution in [1.82, 2.24) is 14.1 Å². The van der Waals surface area contributed by atoms with Crippen LogP contribution < -0.4 is 4.74 Å². The number of aryl methyl sites for hydroxylation is 2. The van der Waals surface area contributed by atoms with Gasteiger partial charge in [0.15, 0.2) is 0 Å². The molecular formula is C26H42FN3O3S. The third-order valence-corrected chi connectivity index (χ3v) is 8.61. The maximum Gasteiger partial charge on any atom is 0.248 e. The zero-order chi connectivity index (χ0) is 24.5. The van der Waals surface area contributed by atoms with Crippen LogP contribution in [-0.4, -0.2) is 93.3 Å². The highest BCUT2D eigenvalue weighted by atomic mass is 32.2. The average molecular weight is 496 g/mol. The molecule has 0 bridgehead atoms. The van der Waals surface area contributed by atoms with E-state index in [2.05, 4.69) is 35.2 Å². The molecule has 0 spiro atoms. The highest BCUT2D eigenvalue weighted by Crippen LogP contribution is 2.33. The van der Waals surface area contributed by atoms with Crippen molar-refractivity contribution in [2.24, 2.45) is 11.8 Å². The van der Waals surface area contributed by atoms with Gasteiger partial charge in [-0.1, -0.05) is 0 Å². The molecule has 2 fully saturated rings. The normalized spacial score (nSPS) is 18.6. The van der Waals surface area contributed by atoms with Crippen molar-refractivity contribution in [3.05, 3.63) is 23.3 Å². The van der Waals surface area contributed by atoms with Crippen LogP contribution >= 0.6 is 11.9 Å². The van der Waals surface area contributed by atoms with E-state index in [0.29, 0.717) is 19.1 Å². The number of benzene rings is 1. The third-order valence-electron chi connectivity index (χ3n) is 7.28. The van der Waals surface area contributed by atoms with Gasteiger partial charge in [0.1, 0.15) is 19.0 Å². The first-order valence-corrected chi connectivity index (χ1v) is 13.4. The minimum absolute atomic E-state index is 0.105. The van der Waals surface area contributed by atoms with Gasteiger partial charge in [0, 0.05) is 31.1 Å². The second-order valence-electron chi connectivity index (χ2n) is 9.67. The van der Waals surface area contributed by atoms with E-state index < -0.39 is 0 Å². The summed E-state index contributed by atoms with van der Waals surface area (Å²) in [5.41, 5.74) is 2.39. The number of carbonyl (C=O) groups is 1. The first kappa shape index (κ1) is 27.2. The minimum Gasteiger partial charge on any atom is -0.497 e. The number of methoxy groups -OCH3 is 1. The second kappa shape index (κ2) is 13.7. The average Bonchev–Trinajstić information content (AvgIpc) is 2.84. The van der Waals surface area contributed by atoms with Crippen molar-refractivity contribution in [2.75, 3.05) is 73.3 Å². The number of hydrogen-bond acceptors (Lipinski definition) is 6. The quantitative estimate of drug-likeness (QED) is 0.339. The van der Waals surface area contributed by atoms with Gasteiger partial charge in [-0.3, -0.25) is 4.79 Å². The zero-order valence-corrected chi connectivity index (χ0v) is 22.2. The molecule has 2 saturated heterocycles. The number of amides is 1. The van der Waals surface area contributed by atoms with Crippen molar-refractivity contribution in [2.45, 2.75) is 44.4 Å². The molecule has 0 saturated carbocycles. The van der Waals surface area contributed by atoms with Crippen LogP contribution in [0.4, 0.5) is 4.39 Å². The molecule has 0 unspecified atom stereocenters. The first-order chi connectivity index (χ1) is 16.4. The van der Waals surface area contributed by atoms with Gasteiger partial charge >= 0.3 is 0 Å². The summed E-state index contributed by atoms with van der Waals surface area (Å²) in [6.07, 6.45) is 4.50. The van der Waals surface area contributed by atoms with E-state index in [4.69, 9.17) is 9.47 Å². The monoisotopic (exact) mass is 495 g/mol. The number of likely N-dealkylation sites (N-methyl/N-ethyl adjacent to an activating group) is 1. The lowest BCUT2D eigenvalue weighted by atomic mass is 9.79. The van der Waals surface area contributed by atoms with E-state index in [1.165, 1.54) is 28.9 Å². The lowest BCUT2D eigenvalue weighted by molar-refractivity contribution is -0.137. The summed E-state index contributed by atoms with van der Waals surface area (Å²) in [5.74, 6) is 2.42. The van der Waals surface area contributed by atoms with Crippen LogP contribution in [0.15, 0.2) is 17.0 Å². The van der Waals surface area contributed by atoms with Crippen LogP contribution in [0.25, 0.3) is 0 Å². The Labute approximate surface area is 209 Å². The molecule has 2 aliphatic rings. The molecular weight excluding hydrogens is 453 g/mol. The topological polar surface area (TPSA) is 45.3 Å². The number of piperidine rings is 2. The highest BCUT2D eigenvalue weighted by Gasteiger charge is 2.30. The first-order valence-electron chi connectivity index (χ1n) is 12.6. The summed E-state index contributed by atoms with van der Waals surface area (Å²) in [5, 5.41) is 0. The molecule has 0 aromatic heterocycles. The van der Waals surface area contributed by atoms with Gasteiger partial charge in [0.25, 0.3) is 0 Å². The third kappa shape index (κ3) is 7.83. The van der Waals surface area contributed by atoms with E-state index in [0.717, 1.165) is 57.2 Å². The van der Waals surface area contributed by atoms with Crippen molar-refractivity contribution < 1.29 is 18.7 Å². The summed E-state index contributed by atoms with van der Waals surface area (Å²) in [6.45, 7) is 9.66. The van der Waals surface area contributed by atoms with Gasteiger partial charge in [-0.25, -0.2) is 8.70 Å². The van der Waals surface area contributed by atoms with E-state index in [1.54, 1.807) is 19.1 Å². The van der Waals surface area contributed by atoms with E-state index in [1.807, 2.05) is 11.9 Å². The molecule has 0 radical (unpaired) electrons. The lowest BCUT2D eigenvalue weighted by Crippen LogP contribution is -2.44. The molecule has 1 aromatic rings. The molecule has 1 aromatic carbocycles. The Morgan fingerprint density at radius 2 is 1.68 bits per heavy atom. The summed E-state index contributed by atoms with van der Waals surface area (Å²) in [7, 11) is 3.74.